The van der Waals surface area contributed by atoms with Crippen LogP contribution in [-0.4, -0.2) is 29.1 Å². The monoisotopic (exact) mass is 370 g/mol. The maximum Gasteiger partial charge on any atom is 0.411 e. The van der Waals surface area contributed by atoms with Crippen LogP contribution < -0.4 is 16.2 Å². The molecule has 0 spiro atoms. The Bertz CT molecular complexity index is 1100. The molecule has 2 aromatic carbocycles. The van der Waals surface area contributed by atoms with E-state index in [1.807, 2.05) is 0 Å². The number of aromatic amines is 2. The number of hydrogen-bond acceptors (Lipinski definition) is 5. The van der Waals surface area contributed by atoms with Gasteiger partial charge >= 0.3 is 6.09 Å². The van der Waals surface area contributed by atoms with Crippen LogP contribution in [0.5, 0.6) is 0 Å². The Balaban J connectivity index is 1.79. The Morgan fingerprint density at radius 1 is 1.00 bits per heavy atom. The Labute approximate surface area is 152 Å². The number of amides is 2. The van der Waals surface area contributed by atoms with E-state index in [0.29, 0.717) is 27.8 Å². The first-order valence-corrected chi connectivity index (χ1v) is 7.90. The average Bonchev–Trinajstić information content (AvgIpc) is 2.62. The molecule has 26 heavy (non-hydrogen) atoms. The van der Waals surface area contributed by atoms with E-state index in [1.165, 1.54) is 7.11 Å². The van der Waals surface area contributed by atoms with Gasteiger partial charge in [0.2, 0.25) is 0 Å². The van der Waals surface area contributed by atoms with Gasteiger partial charge in [0.25, 0.3) is 11.5 Å². The average molecular weight is 370 g/mol. The first-order valence-electron chi connectivity index (χ1n) is 7.49. The molecule has 0 fully saturated rings. The summed E-state index contributed by atoms with van der Waals surface area (Å²) in [7, 11) is 1.27. The van der Waals surface area contributed by atoms with Gasteiger partial charge in [-0.15, -0.1) is 0 Å². The van der Waals surface area contributed by atoms with Crippen LogP contribution in [0.3, 0.4) is 0 Å². The summed E-state index contributed by atoms with van der Waals surface area (Å²) in [5.41, 5.74) is 1.61. The highest BCUT2D eigenvalue weighted by atomic mass is 32.1. The number of methoxy groups -OCH3 is 1. The summed E-state index contributed by atoms with van der Waals surface area (Å²) in [5.74, 6) is -0.347. The molecule has 1 aromatic heterocycles. The van der Waals surface area contributed by atoms with E-state index >= 15 is 0 Å². The summed E-state index contributed by atoms with van der Waals surface area (Å²) in [4.78, 5) is 40.7. The fourth-order valence-corrected chi connectivity index (χ4v) is 2.52. The molecule has 3 rings (SSSR count). The molecule has 0 bridgehead atoms. The molecule has 0 saturated heterocycles. The van der Waals surface area contributed by atoms with Gasteiger partial charge in [-0.05, 0) is 54.7 Å². The fourth-order valence-electron chi connectivity index (χ4n) is 2.32. The van der Waals surface area contributed by atoms with Gasteiger partial charge in [0.1, 0.15) is 0 Å². The summed E-state index contributed by atoms with van der Waals surface area (Å²) in [6.45, 7) is 0. The number of hydrogen-bond donors (Lipinski definition) is 4. The van der Waals surface area contributed by atoms with Crippen molar-refractivity contribution in [2.24, 2.45) is 0 Å². The highest BCUT2D eigenvalue weighted by molar-refractivity contribution is 7.71. The van der Waals surface area contributed by atoms with Crippen molar-refractivity contribution in [3.63, 3.8) is 0 Å². The predicted octanol–water partition coefficient (Wildman–Crippen LogP) is 3.02. The molecule has 2 amide bonds. The Morgan fingerprint density at radius 2 is 1.65 bits per heavy atom. The van der Waals surface area contributed by atoms with Crippen molar-refractivity contribution < 1.29 is 14.3 Å². The van der Waals surface area contributed by atoms with Crippen LogP contribution in [-0.2, 0) is 4.74 Å². The zero-order valence-corrected chi connectivity index (χ0v) is 14.4. The number of ether oxygens (including phenoxy) is 1. The molecule has 0 atom stereocenters. The van der Waals surface area contributed by atoms with Crippen LogP contribution in [0.1, 0.15) is 10.4 Å². The van der Waals surface area contributed by atoms with Crippen molar-refractivity contribution in [3.05, 3.63) is 63.2 Å². The van der Waals surface area contributed by atoms with Crippen LogP contribution >= 0.6 is 12.2 Å². The number of aromatic nitrogens is 2. The molecule has 0 unspecified atom stereocenters. The van der Waals surface area contributed by atoms with Gasteiger partial charge in [0.05, 0.1) is 18.0 Å². The molecule has 3 aromatic rings. The van der Waals surface area contributed by atoms with Crippen molar-refractivity contribution in [2.45, 2.75) is 0 Å². The third kappa shape index (κ3) is 3.78. The predicted molar refractivity (Wildman–Crippen MR) is 100 cm³/mol. The van der Waals surface area contributed by atoms with E-state index in [9.17, 15) is 14.4 Å². The molecule has 0 aliphatic rings. The van der Waals surface area contributed by atoms with Crippen LogP contribution in [0.2, 0.25) is 0 Å². The fraction of sp³-hybridized carbons (Fsp3) is 0.0588. The molecule has 0 saturated carbocycles. The number of benzene rings is 2. The number of H-pyrrole nitrogens is 2. The Kier molecular flexibility index (Phi) is 4.81. The normalized spacial score (nSPS) is 10.3. The summed E-state index contributed by atoms with van der Waals surface area (Å²) in [6, 6.07) is 11.2. The molecule has 8 nitrogen and oxygen atoms in total. The van der Waals surface area contributed by atoms with E-state index in [2.05, 4.69) is 25.3 Å². The van der Waals surface area contributed by atoms with Crippen molar-refractivity contribution in [1.29, 1.82) is 0 Å². The van der Waals surface area contributed by atoms with E-state index in [1.54, 1.807) is 42.5 Å². The molecular formula is C17H14N4O4S. The Hall–Kier alpha value is -3.46. The topological polar surface area (TPSA) is 116 Å². The zero-order chi connectivity index (χ0) is 18.7. The van der Waals surface area contributed by atoms with Gasteiger partial charge in [-0.3, -0.25) is 19.9 Å². The van der Waals surface area contributed by atoms with E-state index in [-0.39, 0.29) is 16.2 Å². The molecule has 132 valence electrons. The van der Waals surface area contributed by atoms with Crippen LogP contribution in [0.4, 0.5) is 16.2 Å². The standard InChI is InChI=1S/C17H14N4O4S/c1-25-17(24)19-11-5-3-10(4-6-11)18-14(22)9-2-7-12-13(8-9)20-16(26)21-15(12)23/h2-8H,1H3,(H,18,22)(H,19,24)(H2,20,21,23,26). The molecule has 1 heterocycles. The summed E-state index contributed by atoms with van der Waals surface area (Å²) >= 11 is 4.94. The minimum Gasteiger partial charge on any atom is -0.453 e. The smallest absolute Gasteiger partial charge is 0.411 e. The van der Waals surface area contributed by atoms with Gasteiger partial charge in [-0.25, -0.2) is 4.79 Å². The van der Waals surface area contributed by atoms with Crippen LogP contribution in [0, 0.1) is 4.77 Å². The summed E-state index contributed by atoms with van der Waals surface area (Å²) in [6.07, 6.45) is -0.578. The highest BCUT2D eigenvalue weighted by Gasteiger charge is 2.09. The lowest BCUT2D eigenvalue weighted by Crippen LogP contribution is -2.14. The number of carbonyl (C=O) groups excluding carboxylic acids is 2. The Morgan fingerprint density at radius 3 is 2.31 bits per heavy atom. The lowest BCUT2D eigenvalue weighted by Gasteiger charge is -2.08. The maximum absolute atomic E-state index is 12.4. The van der Waals surface area contributed by atoms with Gasteiger partial charge in [0, 0.05) is 16.9 Å². The van der Waals surface area contributed by atoms with Crippen molar-refractivity contribution in [1.82, 2.24) is 9.97 Å². The molecule has 9 heteroatoms. The molecule has 0 radical (unpaired) electrons. The van der Waals surface area contributed by atoms with Gasteiger partial charge in [-0.1, -0.05) is 0 Å². The van der Waals surface area contributed by atoms with E-state index < -0.39 is 6.09 Å². The van der Waals surface area contributed by atoms with Gasteiger partial charge in [-0.2, -0.15) is 0 Å². The van der Waals surface area contributed by atoms with Crippen LogP contribution in [0.15, 0.2) is 47.3 Å². The molecule has 0 aliphatic carbocycles. The number of anilines is 2. The quantitative estimate of drug-likeness (QED) is 0.529. The molecule has 0 aliphatic heterocycles. The second-order valence-corrected chi connectivity index (χ2v) is 5.72. The third-order valence-corrected chi connectivity index (χ3v) is 3.78. The second-order valence-electron chi connectivity index (χ2n) is 5.32. The first-order chi connectivity index (χ1) is 12.5. The zero-order valence-electron chi connectivity index (χ0n) is 13.6. The number of fused-ring (bicyclic) bond motifs is 1. The number of rotatable bonds is 3. The first kappa shape index (κ1) is 17.4. The van der Waals surface area contributed by atoms with Crippen molar-refractivity contribution in [2.75, 3.05) is 17.7 Å². The highest BCUT2D eigenvalue weighted by Crippen LogP contribution is 2.16. The lowest BCUT2D eigenvalue weighted by atomic mass is 10.1. The molecule has 4 N–H and O–H groups in total. The maximum atomic E-state index is 12.4. The van der Waals surface area contributed by atoms with E-state index in [0.717, 1.165) is 0 Å². The third-order valence-electron chi connectivity index (χ3n) is 3.58. The van der Waals surface area contributed by atoms with Crippen LogP contribution in [0.25, 0.3) is 10.9 Å². The summed E-state index contributed by atoms with van der Waals surface area (Å²) in [5, 5.41) is 5.66. The van der Waals surface area contributed by atoms with Gasteiger partial charge < -0.3 is 15.0 Å². The number of carbonyl (C=O) groups is 2. The van der Waals surface area contributed by atoms with Crippen molar-refractivity contribution >= 4 is 46.5 Å². The minimum atomic E-state index is -0.578. The number of nitrogens with one attached hydrogen (secondary N) is 4. The summed E-state index contributed by atoms with van der Waals surface area (Å²) < 4.78 is 4.69. The largest absolute Gasteiger partial charge is 0.453 e. The lowest BCUT2D eigenvalue weighted by molar-refractivity contribution is 0.102. The molecular weight excluding hydrogens is 356 g/mol. The van der Waals surface area contributed by atoms with Gasteiger partial charge in [0.15, 0.2) is 4.77 Å². The second kappa shape index (κ2) is 7.19. The van der Waals surface area contributed by atoms with Crippen molar-refractivity contribution in [3.8, 4) is 0 Å². The SMILES string of the molecule is COC(=O)Nc1ccc(NC(=O)c2ccc3c(=O)[nH]c(=S)[nH]c3c2)cc1. The van der Waals surface area contributed by atoms with E-state index in [4.69, 9.17) is 12.2 Å². The minimum absolute atomic E-state index is 0.189.